The Kier molecular flexibility index (Phi) is 5.03. The number of carbonyl (C=O) groups is 1. The van der Waals surface area contributed by atoms with Crippen molar-refractivity contribution in [2.24, 2.45) is 0 Å². The van der Waals surface area contributed by atoms with Crippen molar-refractivity contribution in [2.45, 2.75) is 26.0 Å². The van der Waals surface area contributed by atoms with Crippen LogP contribution < -0.4 is 15.4 Å². The van der Waals surface area contributed by atoms with Crippen LogP contribution in [0.4, 0.5) is 4.79 Å². The van der Waals surface area contributed by atoms with E-state index < -0.39 is 0 Å². The molecule has 1 saturated heterocycles. The molecule has 0 aromatic heterocycles. The Bertz CT molecular complexity index is 423. The summed E-state index contributed by atoms with van der Waals surface area (Å²) in [5.74, 6) is 0.842. The van der Waals surface area contributed by atoms with Gasteiger partial charge in [0.1, 0.15) is 12.4 Å². The summed E-state index contributed by atoms with van der Waals surface area (Å²) < 4.78 is 10.8. The molecule has 2 N–H and O–H groups in total. The normalized spacial score (nSPS) is 17.9. The topological polar surface area (TPSA) is 59.6 Å². The lowest BCUT2D eigenvalue weighted by molar-refractivity contribution is 0.104. The summed E-state index contributed by atoms with van der Waals surface area (Å²) in [5, 5.41) is 5.96. The van der Waals surface area contributed by atoms with Crippen molar-refractivity contribution >= 4 is 6.09 Å². The molecule has 1 unspecified atom stereocenters. The second-order valence-corrected chi connectivity index (χ2v) is 4.50. The standard InChI is InChI=1S/C14H20N2O3/c1-2-7-15-8-11-5-3-4-6-13(11)18-10-12-9-16-14(17)19-12/h3-6,12,15H,2,7-10H2,1H3,(H,16,17). The molecular weight excluding hydrogens is 244 g/mol. The maximum absolute atomic E-state index is 10.9. The third-order valence-electron chi connectivity index (χ3n) is 2.89. The lowest BCUT2D eigenvalue weighted by Crippen LogP contribution is -2.22. The average Bonchev–Trinajstić information content (AvgIpc) is 2.84. The molecular formula is C14H20N2O3. The Balaban J connectivity index is 1.86. The van der Waals surface area contributed by atoms with Crippen molar-refractivity contribution in [3.8, 4) is 5.75 Å². The minimum Gasteiger partial charge on any atom is -0.489 e. The number of rotatable bonds is 7. The summed E-state index contributed by atoms with van der Waals surface area (Å²) in [6.45, 7) is 4.79. The molecule has 1 atom stereocenters. The molecule has 5 nitrogen and oxygen atoms in total. The van der Waals surface area contributed by atoms with Gasteiger partial charge in [-0.1, -0.05) is 25.1 Å². The van der Waals surface area contributed by atoms with Crippen LogP contribution in [0.3, 0.4) is 0 Å². The number of benzene rings is 1. The van der Waals surface area contributed by atoms with E-state index in [4.69, 9.17) is 9.47 Å². The summed E-state index contributed by atoms with van der Waals surface area (Å²) in [5.41, 5.74) is 1.12. The highest BCUT2D eigenvalue weighted by molar-refractivity contribution is 5.69. The predicted octanol–water partition coefficient (Wildman–Crippen LogP) is 1.67. The molecule has 0 aliphatic carbocycles. The number of para-hydroxylation sites is 1. The zero-order valence-corrected chi connectivity index (χ0v) is 11.1. The maximum atomic E-state index is 10.9. The number of carbonyl (C=O) groups excluding carboxylic acids is 1. The Morgan fingerprint density at radius 1 is 1.47 bits per heavy atom. The largest absolute Gasteiger partial charge is 0.489 e. The molecule has 0 radical (unpaired) electrons. The van der Waals surface area contributed by atoms with Gasteiger partial charge in [-0.3, -0.25) is 0 Å². The molecule has 1 aliphatic rings. The van der Waals surface area contributed by atoms with E-state index in [1.165, 1.54) is 0 Å². The average molecular weight is 264 g/mol. The van der Waals surface area contributed by atoms with E-state index in [0.717, 1.165) is 30.8 Å². The minimum absolute atomic E-state index is 0.204. The first-order chi connectivity index (χ1) is 9.29. The molecule has 1 amide bonds. The van der Waals surface area contributed by atoms with Gasteiger partial charge in [0.25, 0.3) is 0 Å². The van der Waals surface area contributed by atoms with Crippen molar-refractivity contribution in [3.05, 3.63) is 29.8 Å². The second kappa shape index (κ2) is 6.99. The van der Waals surface area contributed by atoms with E-state index >= 15 is 0 Å². The van der Waals surface area contributed by atoms with Crippen molar-refractivity contribution in [2.75, 3.05) is 19.7 Å². The van der Waals surface area contributed by atoms with E-state index in [9.17, 15) is 4.79 Å². The fraction of sp³-hybridized carbons (Fsp3) is 0.500. The van der Waals surface area contributed by atoms with Gasteiger partial charge < -0.3 is 20.1 Å². The molecule has 0 bridgehead atoms. The maximum Gasteiger partial charge on any atom is 0.407 e. The van der Waals surface area contributed by atoms with Crippen LogP contribution in [0.25, 0.3) is 0 Å². The Morgan fingerprint density at radius 3 is 3.05 bits per heavy atom. The SMILES string of the molecule is CCCNCc1ccccc1OCC1CNC(=O)O1. The fourth-order valence-electron chi connectivity index (χ4n) is 1.90. The van der Waals surface area contributed by atoms with Crippen LogP contribution in [0.2, 0.25) is 0 Å². The van der Waals surface area contributed by atoms with Gasteiger partial charge in [-0.15, -0.1) is 0 Å². The molecule has 0 saturated carbocycles. The van der Waals surface area contributed by atoms with Crippen LogP contribution in [0, 0.1) is 0 Å². The molecule has 19 heavy (non-hydrogen) atoms. The number of nitrogens with one attached hydrogen (secondary N) is 2. The Morgan fingerprint density at radius 2 is 2.32 bits per heavy atom. The molecule has 1 aromatic rings. The van der Waals surface area contributed by atoms with Gasteiger partial charge in [0.15, 0.2) is 6.10 Å². The first-order valence-corrected chi connectivity index (χ1v) is 6.65. The number of alkyl carbamates (subject to hydrolysis) is 1. The van der Waals surface area contributed by atoms with Crippen LogP contribution in [0.5, 0.6) is 5.75 Å². The monoisotopic (exact) mass is 264 g/mol. The van der Waals surface area contributed by atoms with E-state index in [-0.39, 0.29) is 12.2 Å². The molecule has 0 spiro atoms. The number of ether oxygens (including phenoxy) is 2. The highest BCUT2D eigenvalue weighted by Gasteiger charge is 2.23. The van der Waals surface area contributed by atoms with Crippen LogP contribution in [0.15, 0.2) is 24.3 Å². The van der Waals surface area contributed by atoms with E-state index in [2.05, 4.69) is 17.6 Å². The van der Waals surface area contributed by atoms with Crippen molar-refractivity contribution in [3.63, 3.8) is 0 Å². The van der Waals surface area contributed by atoms with Crippen LogP contribution in [-0.4, -0.2) is 31.9 Å². The highest BCUT2D eigenvalue weighted by atomic mass is 16.6. The summed E-state index contributed by atoms with van der Waals surface area (Å²) in [6, 6.07) is 7.91. The van der Waals surface area contributed by atoms with Gasteiger partial charge in [-0.2, -0.15) is 0 Å². The van der Waals surface area contributed by atoms with Crippen molar-refractivity contribution in [1.29, 1.82) is 0 Å². The zero-order valence-electron chi connectivity index (χ0n) is 11.1. The second-order valence-electron chi connectivity index (χ2n) is 4.50. The predicted molar refractivity (Wildman–Crippen MR) is 72.2 cm³/mol. The van der Waals surface area contributed by atoms with Gasteiger partial charge in [-0.05, 0) is 19.0 Å². The number of hydrogen-bond acceptors (Lipinski definition) is 4. The smallest absolute Gasteiger partial charge is 0.407 e. The van der Waals surface area contributed by atoms with Gasteiger partial charge in [0, 0.05) is 12.1 Å². The number of amides is 1. The fourth-order valence-corrected chi connectivity index (χ4v) is 1.90. The highest BCUT2D eigenvalue weighted by Crippen LogP contribution is 2.18. The molecule has 1 aliphatic heterocycles. The van der Waals surface area contributed by atoms with Gasteiger partial charge in [0.05, 0.1) is 6.54 Å². The van der Waals surface area contributed by atoms with Crippen LogP contribution in [-0.2, 0) is 11.3 Å². The lowest BCUT2D eigenvalue weighted by atomic mass is 10.2. The molecule has 104 valence electrons. The quantitative estimate of drug-likeness (QED) is 0.736. The van der Waals surface area contributed by atoms with Gasteiger partial charge in [0.2, 0.25) is 0 Å². The van der Waals surface area contributed by atoms with Crippen LogP contribution in [0.1, 0.15) is 18.9 Å². The lowest BCUT2D eigenvalue weighted by Gasteiger charge is -2.14. The first kappa shape index (κ1) is 13.7. The van der Waals surface area contributed by atoms with E-state index in [1.54, 1.807) is 0 Å². The summed E-state index contributed by atoms with van der Waals surface area (Å²) >= 11 is 0. The summed E-state index contributed by atoms with van der Waals surface area (Å²) in [7, 11) is 0. The Labute approximate surface area is 113 Å². The Hall–Kier alpha value is -1.75. The van der Waals surface area contributed by atoms with Gasteiger partial charge in [-0.25, -0.2) is 4.79 Å². The number of hydrogen-bond donors (Lipinski definition) is 2. The van der Waals surface area contributed by atoms with Crippen LogP contribution >= 0.6 is 0 Å². The molecule has 1 fully saturated rings. The first-order valence-electron chi connectivity index (χ1n) is 6.65. The third-order valence-corrected chi connectivity index (χ3v) is 2.89. The number of cyclic esters (lactones) is 1. The van der Waals surface area contributed by atoms with E-state index in [1.807, 2.05) is 24.3 Å². The molecule has 1 heterocycles. The molecule has 2 rings (SSSR count). The van der Waals surface area contributed by atoms with Gasteiger partial charge >= 0.3 is 6.09 Å². The van der Waals surface area contributed by atoms with E-state index in [0.29, 0.717) is 13.2 Å². The van der Waals surface area contributed by atoms with Crippen molar-refractivity contribution in [1.82, 2.24) is 10.6 Å². The molecule has 5 heteroatoms. The summed E-state index contributed by atoms with van der Waals surface area (Å²) in [6.07, 6.45) is 0.530. The molecule has 1 aromatic carbocycles. The summed E-state index contributed by atoms with van der Waals surface area (Å²) in [4.78, 5) is 10.9. The van der Waals surface area contributed by atoms with Crippen molar-refractivity contribution < 1.29 is 14.3 Å². The third kappa shape index (κ3) is 4.13. The zero-order chi connectivity index (χ0) is 13.5. The minimum atomic E-state index is -0.369.